The van der Waals surface area contributed by atoms with Crippen molar-refractivity contribution < 1.29 is 4.79 Å². The lowest BCUT2D eigenvalue weighted by molar-refractivity contribution is -0.126. The molecule has 1 amide bonds. The number of nitrogens with two attached hydrogens (primary N) is 1. The van der Waals surface area contributed by atoms with Gasteiger partial charge in [0, 0.05) is 6.54 Å². The van der Waals surface area contributed by atoms with Crippen LogP contribution in [0.2, 0.25) is 0 Å². The summed E-state index contributed by atoms with van der Waals surface area (Å²) in [5.41, 5.74) is 5.97. The van der Waals surface area contributed by atoms with Crippen LogP contribution in [-0.2, 0) is 11.2 Å². The van der Waals surface area contributed by atoms with Crippen LogP contribution in [0.25, 0.3) is 0 Å². The van der Waals surface area contributed by atoms with Crippen molar-refractivity contribution in [3.63, 3.8) is 0 Å². The lowest BCUT2D eigenvalue weighted by atomic mass is 9.92. The molecule has 3 N–H and O–H groups in total. The monoisotopic (exact) mass is 256 g/mol. The normalized spacial score (nSPS) is 11.1. The topological polar surface area (TPSA) is 55.1 Å². The molecule has 0 saturated carbocycles. The van der Waals surface area contributed by atoms with Crippen LogP contribution in [0.15, 0.2) is 16.8 Å². The molecule has 0 bridgehead atoms. The van der Waals surface area contributed by atoms with Crippen LogP contribution in [0.1, 0.15) is 19.4 Å². The van der Waals surface area contributed by atoms with E-state index in [0.717, 1.165) is 6.42 Å². The van der Waals surface area contributed by atoms with Gasteiger partial charge in [0.2, 0.25) is 5.91 Å². The zero-order chi connectivity index (χ0) is 12.2. The molecule has 0 aromatic carbocycles. The van der Waals surface area contributed by atoms with E-state index in [2.05, 4.69) is 16.8 Å². The Balaban J connectivity index is 2.39. The van der Waals surface area contributed by atoms with Gasteiger partial charge in [0.05, 0.1) is 10.4 Å². The molecule has 0 radical (unpaired) electrons. The summed E-state index contributed by atoms with van der Waals surface area (Å²) in [6.45, 7) is 4.08. The van der Waals surface area contributed by atoms with Crippen LogP contribution < -0.4 is 11.1 Å². The van der Waals surface area contributed by atoms with Gasteiger partial charge >= 0.3 is 0 Å². The van der Waals surface area contributed by atoms with Crippen LogP contribution in [-0.4, -0.2) is 17.4 Å². The Kier molecular flexibility index (Phi) is 4.44. The van der Waals surface area contributed by atoms with Gasteiger partial charge in [-0.25, -0.2) is 0 Å². The predicted molar refractivity (Wildman–Crippen MR) is 71.6 cm³/mol. The molecule has 88 valence electrons. The molecule has 0 aliphatic rings. The van der Waals surface area contributed by atoms with E-state index in [0.29, 0.717) is 6.54 Å². The molecule has 0 unspecified atom stereocenters. The van der Waals surface area contributed by atoms with Crippen LogP contribution in [0.5, 0.6) is 0 Å². The molecule has 0 fully saturated rings. The van der Waals surface area contributed by atoms with Gasteiger partial charge in [-0.1, -0.05) is 12.2 Å². The Labute approximate surface area is 105 Å². The number of carbonyl (C=O) groups excluding carboxylic acids is 1. The van der Waals surface area contributed by atoms with Crippen molar-refractivity contribution in [2.45, 2.75) is 20.3 Å². The third-order valence-electron chi connectivity index (χ3n) is 2.46. The lowest BCUT2D eigenvalue weighted by Crippen LogP contribution is -2.45. The highest BCUT2D eigenvalue weighted by molar-refractivity contribution is 7.80. The van der Waals surface area contributed by atoms with Gasteiger partial charge < -0.3 is 11.1 Å². The second-order valence-corrected chi connectivity index (χ2v) is 5.35. The molecule has 0 saturated heterocycles. The largest absolute Gasteiger partial charge is 0.392 e. The summed E-state index contributed by atoms with van der Waals surface area (Å²) < 4.78 is 0. The zero-order valence-corrected chi connectivity index (χ0v) is 11.1. The van der Waals surface area contributed by atoms with Gasteiger partial charge in [0.15, 0.2) is 0 Å². The number of nitrogens with one attached hydrogen (secondary N) is 1. The predicted octanol–water partition coefficient (Wildman–Crippen LogP) is 1.72. The third-order valence-corrected chi connectivity index (χ3v) is 3.71. The first-order chi connectivity index (χ1) is 7.44. The molecule has 0 aliphatic carbocycles. The van der Waals surface area contributed by atoms with Gasteiger partial charge in [-0.05, 0) is 42.7 Å². The highest BCUT2D eigenvalue weighted by Gasteiger charge is 2.30. The maximum absolute atomic E-state index is 11.8. The first kappa shape index (κ1) is 13.1. The van der Waals surface area contributed by atoms with Crippen molar-refractivity contribution >= 4 is 34.5 Å². The summed E-state index contributed by atoms with van der Waals surface area (Å²) in [4.78, 5) is 12.0. The average Bonchev–Trinajstić information content (AvgIpc) is 2.70. The first-order valence-electron chi connectivity index (χ1n) is 5.04. The minimum atomic E-state index is -0.774. The summed E-state index contributed by atoms with van der Waals surface area (Å²) >= 11 is 6.51. The molecular formula is C11H16N2OS2. The van der Waals surface area contributed by atoms with E-state index in [9.17, 15) is 4.79 Å². The Morgan fingerprint density at radius 1 is 1.62 bits per heavy atom. The SMILES string of the molecule is CC(C)(C(=O)NCCc1ccsc1)C(N)=S. The molecule has 1 aromatic rings. The van der Waals surface area contributed by atoms with Crippen molar-refractivity contribution in [2.75, 3.05) is 6.54 Å². The van der Waals surface area contributed by atoms with Crippen LogP contribution in [0.3, 0.4) is 0 Å². The molecule has 5 heteroatoms. The average molecular weight is 256 g/mol. The third kappa shape index (κ3) is 3.28. The molecule has 16 heavy (non-hydrogen) atoms. The molecule has 3 nitrogen and oxygen atoms in total. The molecule has 0 spiro atoms. The summed E-state index contributed by atoms with van der Waals surface area (Å²) in [6.07, 6.45) is 0.836. The zero-order valence-electron chi connectivity index (χ0n) is 9.45. The van der Waals surface area contributed by atoms with E-state index < -0.39 is 5.41 Å². The van der Waals surface area contributed by atoms with Crippen molar-refractivity contribution in [3.8, 4) is 0 Å². The van der Waals surface area contributed by atoms with Gasteiger partial charge in [-0.2, -0.15) is 11.3 Å². The smallest absolute Gasteiger partial charge is 0.232 e. The number of thiocarbonyl (C=S) groups is 1. The number of rotatable bonds is 5. The Bertz CT molecular complexity index is 371. The molecular weight excluding hydrogens is 240 g/mol. The van der Waals surface area contributed by atoms with E-state index in [1.165, 1.54) is 5.56 Å². The van der Waals surface area contributed by atoms with Crippen LogP contribution in [0, 0.1) is 5.41 Å². The summed E-state index contributed by atoms with van der Waals surface area (Å²) in [7, 11) is 0. The fourth-order valence-corrected chi connectivity index (χ4v) is 1.88. The van der Waals surface area contributed by atoms with Crippen molar-refractivity contribution in [3.05, 3.63) is 22.4 Å². The minimum Gasteiger partial charge on any atom is -0.392 e. The van der Waals surface area contributed by atoms with Crippen LogP contribution in [0.4, 0.5) is 0 Å². The molecule has 1 rings (SSSR count). The van der Waals surface area contributed by atoms with E-state index >= 15 is 0 Å². The minimum absolute atomic E-state index is 0.116. The highest BCUT2D eigenvalue weighted by atomic mass is 32.1. The molecule has 0 aliphatic heterocycles. The van der Waals surface area contributed by atoms with Gasteiger partial charge in [0.25, 0.3) is 0 Å². The number of hydrogen-bond acceptors (Lipinski definition) is 3. The van der Waals surface area contributed by atoms with Gasteiger partial charge in [-0.15, -0.1) is 0 Å². The van der Waals surface area contributed by atoms with Crippen molar-refractivity contribution in [2.24, 2.45) is 11.1 Å². The Hall–Kier alpha value is -0.940. The summed E-state index contributed by atoms with van der Waals surface area (Å²) in [5, 5.41) is 6.94. The second-order valence-electron chi connectivity index (χ2n) is 4.13. The number of hydrogen-bond donors (Lipinski definition) is 2. The number of carbonyl (C=O) groups is 1. The second kappa shape index (κ2) is 5.41. The van der Waals surface area contributed by atoms with Crippen molar-refractivity contribution in [1.82, 2.24) is 5.32 Å². The van der Waals surface area contributed by atoms with Crippen LogP contribution >= 0.6 is 23.6 Å². The Morgan fingerprint density at radius 3 is 2.81 bits per heavy atom. The molecule has 1 heterocycles. The lowest BCUT2D eigenvalue weighted by Gasteiger charge is -2.21. The summed E-state index contributed by atoms with van der Waals surface area (Å²) in [6, 6.07) is 2.05. The number of thiophene rings is 1. The first-order valence-corrected chi connectivity index (χ1v) is 6.39. The van der Waals surface area contributed by atoms with E-state index in [1.807, 2.05) is 5.38 Å². The molecule has 0 atom stereocenters. The van der Waals surface area contributed by atoms with Crippen molar-refractivity contribution in [1.29, 1.82) is 0 Å². The maximum atomic E-state index is 11.8. The highest BCUT2D eigenvalue weighted by Crippen LogP contribution is 2.15. The van der Waals surface area contributed by atoms with E-state index in [1.54, 1.807) is 25.2 Å². The molecule has 1 aromatic heterocycles. The Morgan fingerprint density at radius 2 is 2.31 bits per heavy atom. The fraction of sp³-hybridized carbons (Fsp3) is 0.455. The fourth-order valence-electron chi connectivity index (χ4n) is 1.09. The number of amides is 1. The maximum Gasteiger partial charge on any atom is 0.232 e. The summed E-state index contributed by atoms with van der Waals surface area (Å²) in [5.74, 6) is -0.116. The van der Waals surface area contributed by atoms with E-state index in [4.69, 9.17) is 18.0 Å². The standard InChI is InChI=1S/C11H16N2OS2/c1-11(2,9(12)15)10(14)13-5-3-8-4-6-16-7-8/h4,6-7H,3,5H2,1-2H3,(H2,12,15)(H,13,14). The van der Waals surface area contributed by atoms with Gasteiger partial charge in [-0.3, -0.25) is 4.79 Å². The quantitative estimate of drug-likeness (QED) is 0.789. The van der Waals surface area contributed by atoms with E-state index in [-0.39, 0.29) is 10.9 Å². The van der Waals surface area contributed by atoms with Gasteiger partial charge in [0.1, 0.15) is 0 Å².